The SMILES string of the molecule is CC(C(=O)O)c1cc(Cl)c(N(C)c2nccs2)c(Cl)c1. The van der Waals surface area contributed by atoms with Crippen molar-refractivity contribution in [2.24, 2.45) is 0 Å². The maximum Gasteiger partial charge on any atom is 0.310 e. The van der Waals surface area contributed by atoms with Gasteiger partial charge >= 0.3 is 5.97 Å². The molecule has 1 atom stereocenters. The minimum atomic E-state index is -0.918. The standard InChI is InChI=1S/C13H12Cl2N2O2S/c1-7(12(18)19)8-5-9(14)11(10(15)6-8)17(2)13-16-3-4-20-13/h3-7H,1-2H3,(H,18,19). The van der Waals surface area contributed by atoms with Crippen LogP contribution in [-0.2, 0) is 4.79 Å². The Balaban J connectivity index is 2.44. The van der Waals surface area contributed by atoms with E-state index in [2.05, 4.69) is 4.98 Å². The summed E-state index contributed by atoms with van der Waals surface area (Å²) in [4.78, 5) is 17.0. The minimum absolute atomic E-state index is 0.401. The van der Waals surface area contributed by atoms with Crippen LogP contribution in [0.3, 0.4) is 0 Å². The summed E-state index contributed by atoms with van der Waals surface area (Å²) < 4.78 is 0. The monoisotopic (exact) mass is 330 g/mol. The van der Waals surface area contributed by atoms with E-state index in [1.165, 1.54) is 11.3 Å². The number of carbonyl (C=O) groups is 1. The van der Waals surface area contributed by atoms with Crippen molar-refractivity contribution in [3.63, 3.8) is 0 Å². The van der Waals surface area contributed by atoms with Gasteiger partial charge in [-0.3, -0.25) is 4.79 Å². The Labute approximate surface area is 130 Å². The summed E-state index contributed by atoms with van der Waals surface area (Å²) in [5.41, 5.74) is 1.19. The summed E-state index contributed by atoms with van der Waals surface area (Å²) in [6.07, 6.45) is 1.69. The lowest BCUT2D eigenvalue weighted by Crippen LogP contribution is -2.12. The van der Waals surface area contributed by atoms with Crippen molar-refractivity contribution in [2.45, 2.75) is 12.8 Å². The normalized spacial score (nSPS) is 12.2. The lowest BCUT2D eigenvalue weighted by molar-refractivity contribution is -0.138. The second-order valence-corrected chi connectivity index (χ2v) is 5.95. The highest BCUT2D eigenvalue weighted by molar-refractivity contribution is 7.13. The van der Waals surface area contributed by atoms with Crippen molar-refractivity contribution in [3.05, 3.63) is 39.3 Å². The lowest BCUT2D eigenvalue weighted by atomic mass is 10.0. The molecule has 0 spiro atoms. The van der Waals surface area contributed by atoms with E-state index >= 15 is 0 Å². The summed E-state index contributed by atoms with van der Waals surface area (Å²) in [6, 6.07) is 3.26. The fraction of sp³-hybridized carbons (Fsp3) is 0.231. The van der Waals surface area contributed by atoms with Crippen LogP contribution in [0.1, 0.15) is 18.4 Å². The van der Waals surface area contributed by atoms with Gasteiger partial charge in [0.05, 0.1) is 21.7 Å². The van der Waals surface area contributed by atoms with E-state index in [1.54, 1.807) is 30.2 Å². The maximum absolute atomic E-state index is 11.0. The van der Waals surface area contributed by atoms with Crippen LogP contribution in [0, 0.1) is 0 Å². The fourth-order valence-corrected chi connectivity index (χ4v) is 3.15. The first-order valence-electron chi connectivity index (χ1n) is 5.76. The number of carboxylic acids is 1. The van der Waals surface area contributed by atoms with Gasteiger partial charge in [-0.05, 0) is 24.6 Å². The van der Waals surface area contributed by atoms with E-state index in [0.717, 1.165) is 5.13 Å². The van der Waals surface area contributed by atoms with Crippen molar-refractivity contribution in [3.8, 4) is 0 Å². The van der Waals surface area contributed by atoms with Gasteiger partial charge in [0, 0.05) is 18.6 Å². The number of benzene rings is 1. The first-order valence-corrected chi connectivity index (χ1v) is 7.40. The van der Waals surface area contributed by atoms with Crippen LogP contribution in [0.15, 0.2) is 23.7 Å². The minimum Gasteiger partial charge on any atom is -0.481 e. The molecule has 1 unspecified atom stereocenters. The van der Waals surface area contributed by atoms with Crippen LogP contribution in [-0.4, -0.2) is 23.1 Å². The zero-order valence-corrected chi connectivity index (χ0v) is 13.1. The number of anilines is 2. The van der Waals surface area contributed by atoms with Crippen molar-refractivity contribution < 1.29 is 9.90 Å². The number of aromatic nitrogens is 1. The van der Waals surface area contributed by atoms with Crippen LogP contribution in [0.4, 0.5) is 10.8 Å². The van der Waals surface area contributed by atoms with Gasteiger partial charge in [0.25, 0.3) is 0 Å². The molecular formula is C13H12Cl2N2O2S. The lowest BCUT2D eigenvalue weighted by Gasteiger charge is -2.20. The van der Waals surface area contributed by atoms with Crippen LogP contribution < -0.4 is 4.90 Å². The van der Waals surface area contributed by atoms with E-state index in [4.69, 9.17) is 28.3 Å². The van der Waals surface area contributed by atoms with E-state index in [-0.39, 0.29) is 0 Å². The van der Waals surface area contributed by atoms with Gasteiger partial charge in [-0.25, -0.2) is 4.98 Å². The molecule has 20 heavy (non-hydrogen) atoms. The molecule has 1 aromatic carbocycles. The molecule has 2 aromatic rings. The third-order valence-corrected chi connectivity index (χ3v) is 4.38. The Kier molecular flexibility index (Phi) is 4.52. The van der Waals surface area contributed by atoms with Crippen LogP contribution in [0.25, 0.3) is 0 Å². The third-order valence-electron chi connectivity index (χ3n) is 2.95. The van der Waals surface area contributed by atoms with E-state index in [9.17, 15) is 4.79 Å². The van der Waals surface area contributed by atoms with Crippen LogP contribution >= 0.6 is 34.5 Å². The quantitative estimate of drug-likeness (QED) is 0.902. The maximum atomic E-state index is 11.0. The zero-order chi connectivity index (χ0) is 14.9. The first-order chi connectivity index (χ1) is 9.41. The Hall–Kier alpha value is -1.30. The Bertz CT molecular complexity index is 608. The largest absolute Gasteiger partial charge is 0.481 e. The molecule has 1 heterocycles. The number of rotatable bonds is 4. The van der Waals surface area contributed by atoms with Crippen molar-refractivity contribution in [1.29, 1.82) is 0 Å². The number of aliphatic carboxylic acids is 1. The average molecular weight is 331 g/mol. The van der Waals surface area contributed by atoms with Gasteiger partial charge < -0.3 is 10.0 Å². The predicted octanol–water partition coefficient (Wildman–Crippen LogP) is 4.41. The zero-order valence-electron chi connectivity index (χ0n) is 10.8. The second kappa shape index (κ2) is 5.99. The highest BCUT2D eigenvalue weighted by Gasteiger charge is 2.20. The molecule has 0 saturated heterocycles. The van der Waals surface area contributed by atoms with E-state index < -0.39 is 11.9 Å². The Morgan fingerprint density at radius 3 is 2.45 bits per heavy atom. The van der Waals surface area contributed by atoms with Crippen LogP contribution in [0.5, 0.6) is 0 Å². The van der Waals surface area contributed by atoms with Gasteiger partial charge in [0.15, 0.2) is 5.13 Å². The fourth-order valence-electron chi connectivity index (χ4n) is 1.78. The number of halogens is 2. The number of carboxylic acid groups (broad SMARTS) is 1. The number of thiazole rings is 1. The summed E-state index contributed by atoms with van der Waals surface area (Å²) in [5.74, 6) is -1.58. The highest BCUT2D eigenvalue weighted by atomic mass is 35.5. The predicted molar refractivity (Wildman–Crippen MR) is 82.7 cm³/mol. The molecule has 0 amide bonds. The second-order valence-electron chi connectivity index (χ2n) is 4.27. The summed E-state index contributed by atoms with van der Waals surface area (Å²) >= 11 is 14.0. The molecule has 0 fully saturated rings. The summed E-state index contributed by atoms with van der Waals surface area (Å²) in [6.45, 7) is 1.59. The number of nitrogens with zero attached hydrogens (tertiary/aromatic N) is 2. The van der Waals surface area contributed by atoms with Crippen molar-refractivity contribution in [2.75, 3.05) is 11.9 Å². The molecule has 0 saturated carbocycles. The number of hydrogen-bond acceptors (Lipinski definition) is 4. The smallest absolute Gasteiger partial charge is 0.310 e. The molecule has 2 rings (SSSR count). The van der Waals surface area contributed by atoms with E-state index in [0.29, 0.717) is 21.3 Å². The molecule has 0 aliphatic rings. The molecule has 1 N–H and O–H groups in total. The molecule has 7 heteroatoms. The van der Waals surface area contributed by atoms with E-state index in [1.807, 2.05) is 12.4 Å². The number of hydrogen-bond donors (Lipinski definition) is 1. The molecule has 0 radical (unpaired) electrons. The van der Waals surface area contributed by atoms with Gasteiger partial charge in [-0.15, -0.1) is 11.3 Å². The van der Waals surface area contributed by atoms with Crippen LogP contribution in [0.2, 0.25) is 10.0 Å². The molecule has 0 aliphatic heterocycles. The van der Waals surface area contributed by atoms with Gasteiger partial charge in [-0.1, -0.05) is 23.2 Å². The molecule has 0 aliphatic carbocycles. The summed E-state index contributed by atoms with van der Waals surface area (Å²) in [7, 11) is 1.81. The Morgan fingerprint density at radius 2 is 2.00 bits per heavy atom. The molecule has 4 nitrogen and oxygen atoms in total. The first kappa shape index (κ1) is 15.1. The topological polar surface area (TPSA) is 53.4 Å². The van der Waals surface area contributed by atoms with Crippen molar-refractivity contribution >= 4 is 51.3 Å². The van der Waals surface area contributed by atoms with Gasteiger partial charge in [-0.2, -0.15) is 0 Å². The molecular weight excluding hydrogens is 319 g/mol. The Morgan fingerprint density at radius 1 is 1.40 bits per heavy atom. The molecule has 1 aromatic heterocycles. The third kappa shape index (κ3) is 2.90. The van der Waals surface area contributed by atoms with Gasteiger partial charge in [0.2, 0.25) is 0 Å². The van der Waals surface area contributed by atoms with Gasteiger partial charge in [0.1, 0.15) is 0 Å². The molecule has 0 bridgehead atoms. The highest BCUT2D eigenvalue weighted by Crippen LogP contribution is 2.39. The average Bonchev–Trinajstić information content (AvgIpc) is 2.90. The summed E-state index contributed by atoms with van der Waals surface area (Å²) in [5, 5.41) is 12.5. The van der Waals surface area contributed by atoms with Crippen molar-refractivity contribution in [1.82, 2.24) is 4.98 Å². The molecule has 106 valence electrons.